The van der Waals surface area contributed by atoms with E-state index in [-0.39, 0.29) is 6.04 Å². The summed E-state index contributed by atoms with van der Waals surface area (Å²) in [5.41, 5.74) is 0. The molecule has 4 heteroatoms. The molecule has 0 saturated carbocycles. The van der Waals surface area contributed by atoms with Crippen molar-refractivity contribution in [2.45, 2.75) is 50.6 Å². The first kappa shape index (κ1) is 12.8. The summed E-state index contributed by atoms with van der Waals surface area (Å²) in [5, 5.41) is 9.37. The van der Waals surface area contributed by atoms with Crippen molar-refractivity contribution in [3.05, 3.63) is 0 Å². The van der Waals surface area contributed by atoms with Crippen molar-refractivity contribution in [2.75, 3.05) is 26.7 Å². The standard InChI is InChI=1S/C13H24N2O2/c1-14-8-5-6-11(10-14)15-9-4-2-3-7-12(15)13(16)17/h11-12H,2-10H2,1H3,(H,16,17). The molecular formula is C13H24N2O2. The van der Waals surface area contributed by atoms with Crippen LogP contribution >= 0.6 is 0 Å². The highest BCUT2D eigenvalue weighted by Crippen LogP contribution is 2.24. The maximum absolute atomic E-state index is 11.4. The minimum atomic E-state index is -0.625. The Labute approximate surface area is 104 Å². The van der Waals surface area contributed by atoms with E-state index in [1.165, 1.54) is 12.8 Å². The molecule has 2 saturated heterocycles. The number of hydrogen-bond acceptors (Lipinski definition) is 3. The molecule has 1 N–H and O–H groups in total. The molecule has 0 spiro atoms. The molecule has 0 amide bonds. The van der Waals surface area contributed by atoms with Gasteiger partial charge in [0.1, 0.15) is 6.04 Å². The number of piperidine rings is 1. The van der Waals surface area contributed by atoms with E-state index in [2.05, 4.69) is 16.8 Å². The molecule has 0 bridgehead atoms. The highest BCUT2D eigenvalue weighted by atomic mass is 16.4. The topological polar surface area (TPSA) is 43.8 Å². The third-order valence-corrected chi connectivity index (χ3v) is 4.15. The number of rotatable bonds is 2. The number of aliphatic carboxylic acids is 1. The van der Waals surface area contributed by atoms with Crippen molar-refractivity contribution in [1.82, 2.24) is 9.80 Å². The first-order valence-corrected chi connectivity index (χ1v) is 6.85. The summed E-state index contributed by atoms with van der Waals surface area (Å²) in [6.45, 7) is 3.15. The normalized spacial score (nSPS) is 33.2. The Balaban J connectivity index is 2.05. The molecule has 2 heterocycles. The van der Waals surface area contributed by atoms with Crippen LogP contribution in [-0.4, -0.2) is 59.6 Å². The van der Waals surface area contributed by atoms with Gasteiger partial charge in [0.15, 0.2) is 0 Å². The number of carboxylic acids is 1. The minimum absolute atomic E-state index is 0.242. The molecule has 17 heavy (non-hydrogen) atoms. The van der Waals surface area contributed by atoms with Gasteiger partial charge >= 0.3 is 5.97 Å². The van der Waals surface area contributed by atoms with Gasteiger partial charge in [-0.05, 0) is 45.8 Å². The first-order chi connectivity index (χ1) is 8.18. The molecule has 2 aliphatic heterocycles. The van der Waals surface area contributed by atoms with Gasteiger partial charge in [-0.25, -0.2) is 0 Å². The zero-order chi connectivity index (χ0) is 12.3. The fourth-order valence-corrected chi connectivity index (χ4v) is 3.24. The van der Waals surface area contributed by atoms with Crippen LogP contribution in [0.3, 0.4) is 0 Å². The zero-order valence-corrected chi connectivity index (χ0v) is 10.8. The first-order valence-electron chi connectivity index (χ1n) is 6.85. The second kappa shape index (κ2) is 5.83. The highest BCUT2D eigenvalue weighted by molar-refractivity contribution is 5.73. The number of hydrogen-bond donors (Lipinski definition) is 1. The summed E-state index contributed by atoms with van der Waals surface area (Å²) in [4.78, 5) is 16.0. The smallest absolute Gasteiger partial charge is 0.320 e. The molecule has 2 unspecified atom stereocenters. The van der Waals surface area contributed by atoms with Gasteiger partial charge in [-0.15, -0.1) is 0 Å². The van der Waals surface area contributed by atoms with Gasteiger partial charge < -0.3 is 10.0 Å². The number of carbonyl (C=O) groups is 1. The average molecular weight is 240 g/mol. The van der Waals surface area contributed by atoms with Crippen molar-refractivity contribution < 1.29 is 9.90 Å². The Kier molecular flexibility index (Phi) is 4.40. The summed E-state index contributed by atoms with van der Waals surface area (Å²) in [6, 6.07) is 0.210. The Hall–Kier alpha value is -0.610. The van der Waals surface area contributed by atoms with Crippen molar-refractivity contribution in [2.24, 2.45) is 0 Å². The van der Waals surface area contributed by atoms with Gasteiger partial charge in [-0.1, -0.05) is 12.8 Å². The average Bonchev–Trinajstić information content (AvgIpc) is 2.54. The van der Waals surface area contributed by atoms with Crippen LogP contribution in [0.25, 0.3) is 0 Å². The van der Waals surface area contributed by atoms with Crippen LogP contribution in [0.2, 0.25) is 0 Å². The van der Waals surface area contributed by atoms with Crippen LogP contribution in [0.1, 0.15) is 38.5 Å². The second-order valence-electron chi connectivity index (χ2n) is 5.50. The van der Waals surface area contributed by atoms with Crippen molar-refractivity contribution >= 4 is 5.97 Å². The summed E-state index contributed by atoms with van der Waals surface area (Å²) >= 11 is 0. The van der Waals surface area contributed by atoms with E-state index in [4.69, 9.17) is 0 Å². The van der Waals surface area contributed by atoms with Crippen LogP contribution < -0.4 is 0 Å². The molecule has 2 aliphatic rings. The fourth-order valence-electron chi connectivity index (χ4n) is 3.24. The second-order valence-corrected chi connectivity index (χ2v) is 5.50. The lowest BCUT2D eigenvalue weighted by atomic mass is 10.0. The Morgan fingerprint density at radius 1 is 1.12 bits per heavy atom. The van der Waals surface area contributed by atoms with Crippen molar-refractivity contribution in [1.29, 1.82) is 0 Å². The van der Waals surface area contributed by atoms with Gasteiger partial charge in [0.25, 0.3) is 0 Å². The molecule has 98 valence electrons. The van der Waals surface area contributed by atoms with Gasteiger partial charge in [0, 0.05) is 12.6 Å². The lowest BCUT2D eigenvalue weighted by molar-refractivity contribution is -0.144. The quantitative estimate of drug-likeness (QED) is 0.792. The van der Waals surface area contributed by atoms with E-state index >= 15 is 0 Å². The maximum Gasteiger partial charge on any atom is 0.320 e. The van der Waals surface area contributed by atoms with Crippen LogP contribution in [0.15, 0.2) is 0 Å². The Morgan fingerprint density at radius 3 is 2.65 bits per heavy atom. The number of nitrogens with zero attached hydrogens (tertiary/aromatic N) is 2. The summed E-state index contributed by atoms with van der Waals surface area (Å²) < 4.78 is 0. The molecule has 0 aromatic heterocycles. The zero-order valence-electron chi connectivity index (χ0n) is 10.8. The maximum atomic E-state index is 11.4. The number of likely N-dealkylation sites (N-methyl/N-ethyl adjacent to an activating group) is 1. The molecule has 2 rings (SSSR count). The third kappa shape index (κ3) is 3.19. The molecule has 4 nitrogen and oxygen atoms in total. The molecule has 2 fully saturated rings. The number of carboxylic acid groups (broad SMARTS) is 1. The highest BCUT2D eigenvalue weighted by Gasteiger charge is 2.33. The molecule has 0 aromatic rings. The molecular weight excluding hydrogens is 216 g/mol. The van der Waals surface area contributed by atoms with E-state index in [0.29, 0.717) is 6.04 Å². The van der Waals surface area contributed by atoms with E-state index in [9.17, 15) is 9.90 Å². The summed E-state index contributed by atoms with van der Waals surface area (Å²) in [6.07, 6.45) is 6.59. The van der Waals surface area contributed by atoms with Crippen LogP contribution in [0, 0.1) is 0 Å². The van der Waals surface area contributed by atoms with E-state index in [0.717, 1.165) is 45.3 Å². The van der Waals surface area contributed by atoms with Gasteiger partial charge in [0.2, 0.25) is 0 Å². The number of likely N-dealkylation sites (tertiary alicyclic amines) is 2. The van der Waals surface area contributed by atoms with E-state index in [1.54, 1.807) is 0 Å². The van der Waals surface area contributed by atoms with Crippen molar-refractivity contribution in [3.8, 4) is 0 Å². The van der Waals surface area contributed by atoms with Crippen LogP contribution in [0.4, 0.5) is 0 Å². The Morgan fingerprint density at radius 2 is 1.94 bits per heavy atom. The fraction of sp³-hybridized carbons (Fsp3) is 0.923. The molecule has 0 aromatic carbocycles. The van der Waals surface area contributed by atoms with Gasteiger partial charge in [0.05, 0.1) is 0 Å². The van der Waals surface area contributed by atoms with E-state index in [1.807, 2.05) is 0 Å². The predicted octanol–water partition coefficient (Wildman–Crippen LogP) is 1.41. The largest absolute Gasteiger partial charge is 0.480 e. The monoisotopic (exact) mass is 240 g/mol. The summed E-state index contributed by atoms with van der Waals surface area (Å²) in [7, 11) is 2.14. The summed E-state index contributed by atoms with van der Waals surface area (Å²) in [5.74, 6) is -0.625. The van der Waals surface area contributed by atoms with Crippen molar-refractivity contribution in [3.63, 3.8) is 0 Å². The molecule has 0 aliphatic carbocycles. The predicted molar refractivity (Wildman–Crippen MR) is 67.1 cm³/mol. The minimum Gasteiger partial charge on any atom is -0.480 e. The van der Waals surface area contributed by atoms with Crippen LogP contribution in [0.5, 0.6) is 0 Å². The van der Waals surface area contributed by atoms with E-state index < -0.39 is 5.97 Å². The lowest BCUT2D eigenvalue weighted by Gasteiger charge is -2.40. The van der Waals surface area contributed by atoms with Gasteiger partial charge in [-0.2, -0.15) is 0 Å². The third-order valence-electron chi connectivity index (χ3n) is 4.15. The molecule has 0 radical (unpaired) electrons. The Bertz CT molecular complexity index is 270. The SMILES string of the molecule is CN1CCCC(N2CCCCCC2C(=O)O)C1. The van der Waals surface area contributed by atoms with Crippen LogP contribution in [-0.2, 0) is 4.79 Å². The lowest BCUT2D eigenvalue weighted by Crippen LogP contribution is -2.53. The van der Waals surface area contributed by atoms with Gasteiger partial charge in [-0.3, -0.25) is 9.69 Å². The molecule has 2 atom stereocenters.